The van der Waals surface area contributed by atoms with Crippen LogP contribution in [-0.2, 0) is 4.79 Å². The van der Waals surface area contributed by atoms with Crippen LogP contribution in [0.3, 0.4) is 0 Å². The Hall–Kier alpha value is -1.42. The Bertz CT molecular complexity index is 313. The highest BCUT2D eigenvalue weighted by Crippen LogP contribution is 2.22. The van der Waals surface area contributed by atoms with Crippen molar-refractivity contribution in [3.63, 3.8) is 0 Å². The van der Waals surface area contributed by atoms with Gasteiger partial charge < -0.3 is 10.4 Å². The molecule has 2 atom stereocenters. The zero-order chi connectivity index (χ0) is 9.26. The molecule has 0 aliphatic carbocycles. The number of rotatable bonds is 1. The van der Waals surface area contributed by atoms with Gasteiger partial charge in [-0.3, -0.25) is 9.78 Å². The number of aliphatic hydroxyl groups excluding tert-OH is 1. The minimum atomic E-state index is -0.870. The van der Waals surface area contributed by atoms with Crippen LogP contribution in [0.2, 0.25) is 0 Å². The van der Waals surface area contributed by atoms with Gasteiger partial charge in [0.25, 0.3) is 0 Å². The van der Waals surface area contributed by atoms with Crippen molar-refractivity contribution >= 4 is 5.91 Å². The summed E-state index contributed by atoms with van der Waals surface area (Å²) in [5.41, 5.74) is 0.937. The van der Waals surface area contributed by atoms with Crippen molar-refractivity contribution in [2.45, 2.75) is 18.6 Å². The van der Waals surface area contributed by atoms with Gasteiger partial charge in [0.15, 0.2) is 0 Å². The Labute approximate surface area is 75.6 Å². The molecule has 4 nitrogen and oxygen atoms in total. The van der Waals surface area contributed by atoms with Crippen molar-refractivity contribution in [3.8, 4) is 0 Å². The largest absolute Gasteiger partial charge is 0.383 e. The fourth-order valence-corrected chi connectivity index (χ4v) is 1.46. The molecule has 2 N–H and O–H groups in total. The summed E-state index contributed by atoms with van der Waals surface area (Å²) in [6, 6.07) is 3.61. The van der Waals surface area contributed by atoms with Crippen molar-refractivity contribution in [1.82, 2.24) is 10.3 Å². The van der Waals surface area contributed by atoms with Crippen LogP contribution in [0.5, 0.6) is 0 Å². The van der Waals surface area contributed by atoms with E-state index in [4.69, 9.17) is 0 Å². The van der Waals surface area contributed by atoms with Gasteiger partial charge in [-0.25, -0.2) is 0 Å². The average Bonchev–Trinajstić information content (AvgIpc) is 2.49. The standard InChI is InChI=1S/C9H10N2O2/c12-8-4-7(11-9(8)13)6-2-1-3-10-5-6/h1-3,5,7-8,12H,4H2,(H,11,13)/t7-,8?/m0/s1/i7+2. The molecule has 0 saturated carbocycles. The Morgan fingerprint density at radius 1 is 1.69 bits per heavy atom. The Balaban J connectivity index is 2.17. The number of carbonyl (C=O) groups is 1. The molecule has 0 bridgehead atoms. The first-order valence-electron chi connectivity index (χ1n) is 4.16. The Kier molecular flexibility index (Phi) is 1.98. The fourth-order valence-electron chi connectivity index (χ4n) is 1.46. The smallest absolute Gasteiger partial charge is 0.249 e. The molecular formula is C9H10N2O2. The third kappa shape index (κ3) is 1.53. The van der Waals surface area contributed by atoms with Gasteiger partial charge in [0.1, 0.15) is 6.10 Å². The van der Waals surface area contributed by atoms with E-state index < -0.39 is 6.10 Å². The van der Waals surface area contributed by atoms with E-state index in [1.165, 1.54) is 0 Å². The fraction of sp³-hybridized carbons (Fsp3) is 0.333. The van der Waals surface area contributed by atoms with E-state index in [2.05, 4.69) is 10.3 Å². The van der Waals surface area contributed by atoms with Gasteiger partial charge >= 0.3 is 0 Å². The molecule has 1 unspecified atom stereocenters. The van der Waals surface area contributed by atoms with Gasteiger partial charge in [0, 0.05) is 18.8 Å². The number of aromatic nitrogens is 1. The lowest BCUT2D eigenvalue weighted by molar-refractivity contribution is -0.126. The summed E-state index contributed by atoms with van der Waals surface area (Å²) in [5.74, 6) is -0.297. The molecule has 1 aromatic heterocycles. The van der Waals surface area contributed by atoms with Crippen molar-refractivity contribution in [1.29, 1.82) is 0 Å². The average molecular weight is 180 g/mol. The van der Waals surface area contributed by atoms with Gasteiger partial charge in [-0.15, -0.1) is 0 Å². The van der Waals surface area contributed by atoms with Gasteiger partial charge in [-0.05, 0) is 11.6 Å². The highest BCUT2D eigenvalue weighted by Gasteiger charge is 2.30. The maximum absolute atomic E-state index is 11.0. The van der Waals surface area contributed by atoms with E-state index >= 15 is 0 Å². The van der Waals surface area contributed by atoms with Crippen LogP contribution in [0.25, 0.3) is 0 Å². The summed E-state index contributed by atoms with van der Waals surface area (Å²) in [5, 5.41) is 11.9. The van der Waals surface area contributed by atoms with E-state index in [-0.39, 0.29) is 11.9 Å². The second-order valence-corrected chi connectivity index (χ2v) is 3.10. The normalized spacial score (nSPS) is 27.3. The lowest BCUT2D eigenvalue weighted by Crippen LogP contribution is -2.23. The number of aliphatic hydroxyl groups is 1. The second-order valence-electron chi connectivity index (χ2n) is 3.10. The molecule has 1 fully saturated rings. The van der Waals surface area contributed by atoms with E-state index in [0.29, 0.717) is 6.42 Å². The summed E-state index contributed by atoms with van der Waals surface area (Å²) in [7, 11) is 0. The quantitative estimate of drug-likeness (QED) is 0.639. The van der Waals surface area contributed by atoms with Gasteiger partial charge in [0.2, 0.25) is 5.91 Å². The van der Waals surface area contributed by atoms with Crippen LogP contribution in [0.15, 0.2) is 24.5 Å². The van der Waals surface area contributed by atoms with Crippen molar-refractivity contribution in [3.05, 3.63) is 30.1 Å². The Morgan fingerprint density at radius 3 is 3.08 bits per heavy atom. The molecule has 2 rings (SSSR count). The van der Waals surface area contributed by atoms with Crippen LogP contribution in [-0.4, -0.2) is 22.1 Å². The molecule has 2 heterocycles. The molecule has 4 heteroatoms. The SMILES string of the molecule is O=C1N[14C@H](c2cccnc2)CC1O. The monoisotopic (exact) mass is 180 g/mol. The minimum absolute atomic E-state index is 0.0869. The highest BCUT2D eigenvalue weighted by atomic mass is 16.3. The van der Waals surface area contributed by atoms with E-state index in [0.717, 1.165) is 5.56 Å². The number of pyridine rings is 1. The maximum atomic E-state index is 11.0. The summed E-state index contributed by atoms with van der Waals surface area (Å²) < 4.78 is 0. The van der Waals surface area contributed by atoms with Crippen LogP contribution in [0, 0.1) is 0 Å². The van der Waals surface area contributed by atoms with Crippen molar-refractivity contribution in [2.75, 3.05) is 0 Å². The first-order chi connectivity index (χ1) is 6.27. The Morgan fingerprint density at radius 2 is 2.54 bits per heavy atom. The van der Waals surface area contributed by atoms with Gasteiger partial charge in [-0.1, -0.05) is 6.07 Å². The van der Waals surface area contributed by atoms with Gasteiger partial charge in [-0.2, -0.15) is 0 Å². The third-order valence-electron chi connectivity index (χ3n) is 2.16. The lowest BCUT2D eigenvalue weighted by Gasteiger charge is -2.07. The number of nitrogens with one attached hydrogen (secondary N) is 1. The number of hydrogen-bond donors (Lipinski definition) is 2. The molecule has 0 radical (unpaired) electrons. The maximum Gasteiger partial charge on any atom is 0.249 e. The number of amides is 1. The van der Waals surface area contributed by atoms with Crippen LogP contribution < -0.4 is 5.32 Å². The highest BCUT2D eigenvalue weighted by molar-refractivity contribution is 5.83. The van der Waals surface area contributed by atoms with E-state index in [1.807, 2.05) is 12.1 Å². The first kappa shape index (κ1) is 8.19. The molecular weight excluding hydrogens is 170 g/mol. The summed E-state index contributed by atoms with van der Waals surface area (Å²) >= 11 is 0. The predicted molar refractivity (Wildman–Crippen MR) is 45.7 cm³/mol. The second kappa shape index (κ2) is 3.14. The topological polar surface area (TPSA) is 62.2 Å². The minimum Gasteiger partial charge on any atom is -0.383 e. The third-order valence-corrected chi connectivity index (χ3v) is 2.16. The molecule has 1 aliphatic rings. The molecule has 1 aliphatic heterocycles. The van der Waals surface area contributed by atoms with Crippen LogP contribution in [0.1, 0.15) is 18.0 Å². The number of nitrogens with zero attached hydrogens (tertiary/aromatic N) is 1. The summed E-state index contributed by atoms with van der Waals surface area (Å²) in [6.07, 6.45) is 2.94. The summed E-state index contributed by atoms with van der Waals surface area (Å²) in [4.78, 5) is 14.9. The van der Waals surface area contributed by atoms with Crippen LogP contribution >= 0.6 is 0 Å². The molecule has 0 aromatic carbocycles. The molecule has 13 heavy (non-hydrogen) atoms. The number of hydrogen-bond acceptors (Lipinski definition) is 3. The summed E-state index contributed by atoms with van der Waals surface area (Å²) in [6.45, 7) is 0. The molecule has 1 saturated heterocycles. The number of carbonyl (C=O) groups excluding carboxylic acids is 1. The first-order valence-corrected chi connectivity index (χ1v) is 4.16. The molecule has 0 spiro atoms. The zero-order valence-electron chi connectivity index (χ0n) is 6.97. The molecule has 68 valence electrons. The molecule has 1 amide bonds. The predicted octanol–water partition coefficient (Wildman–Crippen LogP) is 0.00350. The zero-order valence-corrected chi connectivity index (χ0v) is 6.97. The van der Waals surface area contributed by atoms with Crippen molar-refractivity contribution < 1.29 is 9.90 Å². The molecule has 1 aromatic rings. The van der Waals surface area contributed by atoms with Crippen molar-refractivity contribution in [2.24, 2.45) is 0 Å². The van der Waals surface area contributed by atoms with E-state index in [9.17, 15) is 9.90 Å². The van der Waals surface area contributed by atoms with Gasteiger partial charge in [0.05, 0.1) is 6.04 Å². The lowest BCUT2D eigenvalue weighted by atomic mass is 10.3. The van der Waals surface area contributed by atoms with Crippen LogP contribution in [0.4, 0.5) is 0 Å². The van der Waals surface area contributed by atoms with E-state index in [1.54, 1.807) is 12.4 Å².